The van der Waals surface area contributed by atoms with Crippen LogP contribution in [0, 0.1) is 0 Å². The lowest BCUT2D eigenvalue weighted by Crippen LogP contribution is -2.53. The lowest BCUT2D eigenvalue weighted by Gasteiger charge is -2.42. The topological polar surface area (TPSA) is 71.2 Å². The van der Waals surface area contributed by atoms with Crippen LogP contribution in [0.1, 0.15) is 20.8 Å². The summed E-state index contributed by atoms with van der Waals surface area (Å²) in [5.41, 5.74) is 5.78. The van der Waals surface area contributed by atoms with Crippen LogP contribution < -0.4 is 10.6 Å². The Morgan fingerprint density at radius 2 is 1.67 bits per heavy atom. The van der Waals surface area contributed by atoms with Crippen molar-refractivity contribution in [3.05, 3.63) is 5.28 Å². The molecule has 100 valence electrons. The Kier molecular flexibility index (Phi) is 3.59. The van der Waals surface area contributed by atoms with E-state index in [1.807, 2.05) is 0 Å². The summed E-state index contributed by atoms with van der Waals surface area (Å²) in [6.07, 6.45) is 0. The van der Waals surface area contributed by atoms with Gasteiger partial charge >= 0.3 is 0 Å². The highest BCUT2D eigenvalue weighted by molar-refractivity contribution is 6.28. The van der Waals surface area contributed by atoms with Gasteiger partial charge in [-0.3, -0.25) is 4.90 Å². The number of nitrogens with two attached hydrogens (primary N) is 1. The molecule has 2 rings (SSSR count). The number of rotatable bonds is 1. The van der Waals surface area contributed by atoms with Crippen LogP contribution in [0.15, 0.2) is 0 Å². The van der Waals surface area contributed by atoms with E-state index in [-0.39, 0.29) is 16.8 Å². The van der Waals surface area contributed by atoms with Crippen LogP contribution in [0.3, 0.4) is 0 Å². The summed E-state index contributed by atoms with van der Waals surface area (Å²) < 4.78 is 0. The predicted octanol–water partition coefficient (Wildman–Crippen LogP) is 1.03. The molecule has 6 nitrogen and oxygen atoms in total. The first-order valence-corrected chi connectivity index (χ1v) is 6.41. The minimum absolute atomic E-state index is 0.149. The number of hydrogen-bond acceptors (Lipinski definition) is 6. The minimum atomic E-state index is 0.149. The van der Waals surface area contributed by atoms with Gasteiger partial charge in [0.1, 0.15) is 0 Å². The lowest BCUT2D eigenvalue weighted by molar-refractivity contribution is 0.128. The van der Waals surface area contributed by atoms with Crippen molar-refractivity contribution in [3.63, 3.8) is 0 Å². The van der Waals surface area contributed by atoms with Gasteiger partial charge in [0, 0.05) is 31.7 Å². The Bertz CT molecular complexity index is 402. The molecule has 0 aliphatic carbocycles. The summed E-state index contributed by atoms with van der Waals surface area (Å²) in [5, 5.41) is 0.149. The number of halogens is 1. The van der Waals surface area contributed by atoms with Crippen LogP contribution in [0.25, 0.3) is 0 Å². The van der Waals surface area contributed by atoms with E-state index in [1.165, 1.54) is 0 Å². The third-order valence-corrected chi connectivity index (χ3v) is 3.29. The van der Waals surface area contributed by atoms with E-state index in [0.717, 1.165) is 26.2 Å². The summed E-state index contributed by atoms with van der Waals surface area (Å²) in [6, 6.07) is 0. The molecule has 18 heavy (non-hydrogen) atoms. The van der Waals surface area contributed by atoms with Crippen molar-refractivity contribution in [3.8, 4) is 0 Å². The SMILES string of the molecule is CC(C)(C)N1CCN(c2nc(N)nc(Cl)n2)CC1. The first-order valence-electron chi connectivity index (χ1n) is 6.03. The molecule has 0 aromatic carbocycles. The third kappa shape index (κ3) is 3.00. The summed E-state index contributed by atoms with van der Waals surface area (Å²) in [7, 11) is 0. The van der Waals surface area contributed by atoms with Gasteiger partial charge in [-0.15, -0.1) is 0 Å². The van der Waals surface area contributed by atoms with E-state index >= 15 is 0 Å². The van der Waals surface area contributed by atoms with Crippen molar-refractivity contribution in [2.75, 3.05) is 36.8 Å². The summed E-state index contributed by atoms with van der Waals surface area (Å²) >= 11 is 5.79. The second-order valence-corrected chi connectivity index (χ2v) is 5.75. The van der Waals surface area contributed by atoms with Crippen molar-refractivity contribution in [2.45, 2.75) is 26.3 Å². The molecule has 7 heteroatoms. The van der Waals surface area contributed by atoms with Gasteiger partial charge in [-0.2, -0.15) is 15.0 Å². The van der Waals surface area contributed by atoms with Crippen LogP contribution in [-0.2, 0) is 0 Å². The largest absolute Gasteiger partial charge is 0.368 e. The average molecular weight is 271 g/mol. The Labute approximate surface area is 112 Å². The van der Waals surface area contributed by atoms with Crippen LogP contribution in [-0.4, -0.2) is 51.6 Å². The fourth-order valence-electron chi connectivity index (χ4n) is 2.07. The zero-order valence-corrected chi connectivity index (χ0v) is 11.8. The zero-order valence-electron chi connectivity index (χ0n) is 11.0. The molecule has 0 spiro atoms. The van der Waals surface area contributed by atoms with Crippen molar-refractivity contribution < 1.29 is 0 Å². The van der Waals surface area contributed by atoms with E-state index < -0.39 is 0 Å². The smallest absolute Gasteiger partial charge is 0.231 e. The van der Waals surface area contributed by atoms with Gasteiger partial charge in [0.05, 0.1) is 0 Å². The standard InChI is InChI=1S/C11H19ClN6/c1-11(2,3)18-6-4-17(5-7-18)10-15-8(12)14-9(13)16-10/h4-7H2,1-3H3,(H2,13,14,15,16). The third-order valence-electron chi connectivity index (χ3n) is 3.12. The average Bonchev–Trinajstić information content (AvgIpc) is 2.27. The molecular weight excluding hydrogens is 252 g/mol. The van der Waals surface area contributed by atoms with Crippen molar-refractivity contribution >= 4 is 23.5 Å². The van der Waals surface area contributed by atoms with Gasteiger partial charge in [-0.1, -0.05) is 0 Å². The Balaban J connectivity index is 2.05. The highest BCUT2D eigenvalue weighted by Crippen LogP contribution is 2.19. The zero-order chi connectivity index (χ0) is 13.3. The monoisotopic (exact) mass is 270 g/mol. The lowest BCUT2D eigenvalue weighted by atomic mass is 10.1. The molecule has 0 bridgehead atoms. The van der Waals surface area contributed by atoms with E-state index in [2.05, 4.69) is 45.5 Å². The minimum Gasteiger partial charge on any atom is -0.368 e. The summed E-state index contributed by atoms with van der Waals surface area (Å²) in [4.78, 5) is 16.5. The van der Waals surface area contributed by atoms with Crippen molar-refractivity contribution in [1.82, 2.24) is 19.9 Å². The number of nitrogen functional groups attached to an aromatic ring is 1. The van der Waals surface area contributed by atoms with Gasteiger partial charge in [-0.25, -0.2) is 0 Å². The van der Waals surface area contributed by atoms with Crippen molar-refractivity contribution in [2.24, 2.45) is 0 Å². The molecule has 0 amide bonds. The van der Waals surface area contributed by atoms with Crippen LogP contribution in [0.2, 0.25) is 5.28 Å². The summed E-state index contributed by atoms with van der Waals surface area (Å²) in [5.74, 6) is 0.740. The second kappa shape index (κ2) is 4.85. The Morgan fingerprint density at radius 3 is 2.17 bits per heavy atom. The molecule has 0 atom stereocenters. The normalized spacial score (nSPS) is 18.1. The number of hydrogen-bond donors (Lipinski definition) is 1. The molecule has 1 aromatic heterocycles. The highest BCUT2D eigenvalue weighted by atomic mass is 35.5. The first-order chi connectivity index (χ1) is 8.36. The van der Waals surface area contributed by atoms with E-state index in [9.17, 15) is 0 Å². The predicted molar refractivity (Wildman–Crippen MR) is 72.8 cm³/mol. The number of piperazine rings is 1. The molecule has 2 N–H and O–H groups in total. The van der Waals surface area contributed by atoms with Crippen LogP contribution in [0.4, 0.5) is 11.9 Å². The molecule has 1 saturated heterocycles. The number of anilines is 2. The fourth-order valence-corrected chi connectivity index (χ4v) is 2.24. The van der Waals surface area contributed by atoms with Crippen LogP contribution in [0.5, 0.6) is 0 Å². The van der Waals surface area contributed by atoms with Crippen molar-refractivity contribution in [1.29, 1.82) is 0 Å². The van der Waals surface area contributed by atoms with Gasteiger partial charge in [0.2, 0.25) is 17.2 Å². The van der Waals surface area contributed by atoms with Crippen LogP contribution >= 0.6 is 11.6 Å². The molecule has 2 heterocycles. The fraction of sp³-hybridized carbons (Fsp3) is 0.727. The van der Waals surface area contributed by atoms with Gasteiger partial charge < -0.3 is 10.6 Å². The first kappa shape index (κ1) is 13.3. The Morgan fingerprint density at radius 1 is 1.06 bits per heavy atom. The molecule has 1 aliphatic heterocycles. The van der Waals surface area contributed by atoms with E-state index in [0.29, 0.717) is 5.95 Å². The number of nitrogens with zero attached hydrogens (tertiary/aromatic N) is 5. The van der Waals surface area contributed by atoms with Gasteiger partial charge in [0.15, 0.2) is 0 Å². The van der Waals surface area contributed by atoms with Gasteiger partial charge in [-0.05, 0) is 32.4 Å². The molecule has 1 aliphatic rings. The van der Waals surface area contributed by atoms with E-state index in [4.69, 9.17) is 17.3 Å². The Hall–Kier alpha value is -1.14. The molecule has 0 unspecified atom stereocenters. The second-order valence-electron chi connectivity index (χ2n) is 5.41. The molecule has 1 aromatic rings. The molecular formula is C11H19ClN6. The quantitative estimate of drug-likeness (QED) is 0.822. The summed E-state index contributed by atoms with van der Waals surface area (Å²) in [6.45, 7) is 10.4. The number of aromatic nitrogens is 3. The molecule has 1 fully saturated rings. The van der Waals surface area contributed by atoms with E-state index in [1.54, 1.807) is 0 Å². The molecule has 0 radical (unpaired) electrons. The highest BCUT2D eigenvalue weighted by Gasteiger charge is 2.26. The maximum absolute atomic E-state index is 5.79. The maximum Gasteiger partial charge on any atom is 0.231 e. The maximum atomic E-state index is 5.79. The van der Waals surface area contributed by atoms with Gasteiger partial charge in [0.25, 0.3) is 0 Å². The molecule has 0 saturated carbocycles.